The zero-order chi connectivity index (χ0) is 19.2. The number of fused-ring (bicyclic) bond motifs is 1. The maximum Gasteiger partial charge on any atom is 0.228 e. The van der Waals surface area contributed by atoms with E-state index in [1.807, 2.05) is 49.9 Å². The Morgan fingerprint density at radius 3 is 2.74 bits per heavy atom. The quantitative estimate of drug-likeness (QED) is 0.615. The minimum absolute atomic E-state index is 0.110. The van der Waals surface area contributed by atoms with E-state index in [4.69, 9.17) is 4.42 Å². The predicted molar refractivity (Wildman–Crippen MR) is 103 cm³/mol. The maximum absolute atomic E-state index is 14.1. The lowest BCUT2D eigenvalue weighted by Gasteiger charge is -2.29. The van der Waals surface area contributed by atoms with Gasteiger partial charge in [0, 0.05) is 17.5 Å². The van der Waals surface area contributed by atoms with Crippen molar-refractivity contribution in [1.82, 2.24) is 9.88 Å². The average Bonchev–Trinajstić information content (AvgIpc) is 3.26. The van der Waals surface area contributed by atoms with Crippen molar-refractivity contribution in [2.45, 2.75) is 39.7 Å². The number of benzene rings is 2. The number of amides is 1. The number of oxazole rings is 1. The predicted octanol–water partition coefficient (Wildman–Crippen LogP) is 5.34. The van der Waals surface area contributed by atoms with Crippen LogP contribution in [0.1, 0.15) is 45.5 Å². The van der Waals surface area contributed by atoms with E-state index in [9.17, 15) is 9.18 Å². The molecule has 1 aliphatic rings. The highest BCUT2D eigenvalue weighted by Gasteiger charge is 2.38. The van der Waals surface area contributed by atoms with Crippen molar-refractivity contribution in [3.63, 3.8) is 0 Å². The third kappa shape index (κ3) is 3.22. The van der Waals surface area contributed by atoms with Gasteiger partial charge in [-0.3, -0.25) is 4.79 Å². The number of nitrogens with zero attached hydrogens (tertiary/aromatic N) is 2. The summed E-state index contributed by atoms with van der Waals surface area (Å²) in [4.78, 5) is 19.3. The number of likely N-dealkylation sites (tertiary alicyclic amines) is 1. The van der Waals surface area contributed by atoms with Gasteiger partial charge in [0.1, 0.15) is 17.4 Å². The van der Waals surface area contributed by atoms with Crippen LogP contribution in [0, 0.1) is 11.2 Å². The Hall–Kier alpha value is -2.69. The summed E-state index contributed by atoms with van der Waals surface area (Å²) in [5.74, 6) is 0.406. The Morgan fingerprint density at radius 2 is 2.00 bits per heavy atom. The van der Waals surface area contributed by atoms with E-state index in [0.717, 1.165) is 24.9 Å². The van der Waals surface area contributed by atoms with Gasteiger partial charge in [-0.25, -0.2) is 9.37 Å². The summed E-state index contributed by atoms with van der Waals surface area (Å²) >= 11 is 0. The molecule has 0 saturated carbocycles. The molecule has 0 N–H and O–H groups in total. The lowest BCUT2D eigenvalue weighted by molar-refractivity contribution is -0.140. The summed E-state index contributed by atoms with van der Waals surface area (Å²) < 4.78 is 20.1. The van der Waals surface area contributed by atoms with Crippen molar-refractivity contribution in [1.29, 1.82) is 0 Å². The molecule has 1 aliphatic heterocycles. The van der Waals surface area contributed by atoms with E-state index in [-0.39, 0.29) is 17.8 Å². The van der Waals surface area contributed by atoms with Crippen LogP contribution in [-0.2, 0) is 4.79 Å². The molecule has 4 rings (SSSR count). The molecule has 0 spiro atoms. The SMILES string of the molecule is CC(C)(C)C(=O)N1CCC[C@@H]1c1nc2cc(-c3ccccc3F)ccc2o1. The Bertz CT molecular complexity index is 1000. The first-order chi connectivity index (χ1) is 12.8. The van der Waals surface area contributed by atoms with Gasteiger partial charge in [-0.15, -0.1) is 0 Å². The number of hydrogen-bond acceptors (Lipinski definition) is 3. The van der Waals surface area contributed by atoms with Gasteiger partial charge in [-0.2, -0.15) is 0 Å². The molecule has 2 aromatic carbocycles. The highest BCUT2D eigenvalue weighted by Crippen LogP contribution is 2.36. The summed E-state index contributed by atoms with van der Waals surface area (Å²) in [6, 6.07) is 12.0. The van der Waals surface area contributed by atoms with Gasteiger partial charge in [0.15, 0.2) is 5.58 Å². The van der Waals surface area contributed by atoms with E-state index >= 15 is 0 Å². The summed E-state index contributed by atoms with van der Waals surface area (Å²) in [5, 5.41) is 0. The fourth-order valence-electron chi connectivity index (χ4n) is 3.65. The molecule has 1 fully saturated rings. The van der Waals surface area contributed by atoms with Crippen molar-refractivity contribution in [3.8, 4) is 11.1 Å². The van der Waals surface area contributed by atoms with Gasteiger partial charge in [0.25, 0.3) is 0 Å². The molecule has 0 radical (unpaired) electrons. The monoisotopic (exact) mass is 366 g/mol. The van der Waals surface area contributed by atoms with Gasteiger partial charge in [-0.1, -0.05) is 45.0 Å². The fourth-order valence-corrected chi connectivity index (χ4v) is 3.65. The summed E-state index contributed by atoms with van der Waals surface area (Å²) in [6.07, 6.45) is 1.78. The van der Waals surface area contributed by atoms with Crippen molar-refractivity contribution < 1.29 is 13.6 Å². The zero-order valence-corrected chi connectivity index (χ0v) is 15.8. The number of aromatic nitrogens is 1. The van der Waals surface area contributed by atoms with Gasteiger partial charge < -0.3 is 9.32 Å². The van der Waals surface area contributed by atoms with Crippen LogP contribution in [-0.4, -0.2) is 22.3 Å². The molecule has 1 atom stereocenters. The van der Waals surface area contributed by atoms with Crippen LogP contribution in [0.25, 0.3) is 22.2 Å². The van der Waals surface area contributed by atoms with E-state index in [0.29, 0.717) is 22.6 Å². The third-order valence-corrected chi connectivity index (χ3v) is 5.03. The number of rotatable bonds is 2. The van der Waals surface area contributed by atoms with Crippen molar-refractivity contribution >= 4 is 17.0 Å². The Kier molecular flexibility index (Phi) is 4.25. The molecule has 4 nitrogen and oxygen atoms in total. The molecule has 0 aliphatic carbocycles. The van der Waals surface area contributed by atoms with E-state index in [1.165, 1.54) is 6.07 Å². The number of carbonyl (C=O) groups excluding carboxylic acids is 1. The molecule has 0 unspecified atom stereocenters. The number of halogens is 1. The second kappa shape index (κ2) is 6.48. The van der Waals surface area contributed by atoms with Gasteiger partial charge >= 0.3 is 0 Å². The Balaban J connectivity index is 1.70. The van der Waals surface area contributed by atoms with E-state index in [2.05, 4.69) is 4.98 Å². The highest BCUT2D eigenvalue weighted by molar-refractivity contribution is 5.83. The lowest BCUT2D eigenvalue weighted by Crippen LogP contribution is -2.39. The van der Waals surface area contributed by atoms with Crippen LogP contribution < -0.4 is 0 Å². The van der Waals surface area contributed by atoms with Crippen LogP contribution >= 0.6 is 0 Å². The second-order valence-electron chi connectivity index (χ2n) is 8.12. The summed E-state index contributed by atoms with van der Waals surface area (Å²) in [5.41, 5.74) is 2.19. The van der Waals surface area contributed by atoms with Crippen molar-refractivity contribution in [3.05, 3.63) is 54.2 Å². The van der Waals surface area contributed by atoms with E-state index in [1.54, 1.807) is 12.1 Å². The molecular formula is C22H23FN2O2. The normalized spacial score (nSPS) is 17.6. The molecule has 3 aromatic rings. The molecule has 140 valence electrons. The molecule has 5 heteroatoms. The molecule has 27 heavy (non-hydrogen) atoms. The maximum atomic E-state index is 14.1. The van der Waals surface area contributed by atoms with Crippen molar-refractivity contribution in [2.75, 3.05) is 6.54 Å². The minimum Gasteiger partial charge on any atom is -0.438 e. The number of carbonyl (C=O) groups is 1. The van der Waals surface area contributed by atoms with Crippen molar-refractivity contribution in [2.24, 2.45) is 5.41 Å². The second-order valence-corrected chi connectivity index (χ2v) is 8.12. The Labute approximate surface area is 158 Å². The van der Waals surface area contributed by atoms with Gasteiger partial charge in [-0.05, 0) is 36.6 Å². The largest absolute Gasteiger partial charge is 0.438 e. The molecule has 1 aromatic heterocycles. The first-order valence-electron chi connectivity index (χ1n) is 9.31. The third-order valence-electron chi connectivity index (χ3n) is 5.03. The van der Waals surface area contributed by atoms with Crippen LogP contribution in [0.5, 0.6) is 0 Å². The van der Waals surface area contributed by atoms with Gasteiger partial charge in [0.2, 0.25) is 11.8 Å². The molecule has 0 bridgehead atoms. The molecule has 2 heterocycles. The summed E-state index contributed by atoms with van der Waals surface area (Å²) in [6.45, 7) is 6.51. The first-order valence-corrected chi connectivity index (χ1v) is 9.31. The molecule has 1 saturated heterocycles. The summed E-state index contributed by atoms with van der Waals surface area (Å²) in [7, 11) is 0. The smallest absolute Gasteiger partial charge is 0.228 e. The van der Waals surface area contributed by atoms with Gasteiger partial charge in [0.05, 0.1) is 0 Å². The lowest BCUT2D eigenvalue weighted by atomic mass is 9.94. The molecular weight excluding hydrogens is 343 g/mol. The van der Waals surface area contributed by atoms with Crippen LogP contribution in [0.3, 0.4) is 0 Å². The minimum atomic E-state index is -0.438. The van der Waals surface area contributed by atoms with Crippen LogP contribution in [0.2, 0.25) is 0 Å². The topological polar surface area (TPSA) is 46.3 Å². The number of hydrogen-bond donors (Lipinski definition) is 0. The standard InChI is InChI=1S/C22H23FN2O2/c1-22(2,3)21(26)25-12-6-9-18(25)20-24-17-13-14(10-11-19(17)27-20)15-7-4-5-8-16(15)23/h4-5,7-8,10-11,13,18H,6,9,12H2,1-3H3/t18-/m1/s1. The molecule has 1 amide bonds. The Morgan fingerprint density at radius 1 is 1.22 bits per heavy atom. The average molecular weight is 366 g/mol. The van der Waals surface area contributed by atoms with E-state index < -0.39 is 5.41 Å². The van der Waals surface area contributed by atoms with Crippen LogP contribution in [0.4, 0.5) is 4.39 Å². The zero-order valence-electron chi connectivity index (χ0n) is 15.8. The first kappa shape index (κ1) is 17.7. The van der Waals surface area contributed by atoms with Crippen LogP contribution in [0.15, 0.2) is 46.9 Å². The highest BCUT2D eigenvalue weighted by atomic mass is 19.1. The fraction of sp³-hybridized carbons (Fsp3) is 0.364.